The maximum absolute atomic E-state index is 13.0. The van der Waals surface area contributed by atoms with Crippen LogP contribution in [0.1, 0.15) is 34.7 Å². The second-order valence-electron chi connectivity index (χ2n) is 5.13. The average molecular weight is 440 g/mol. The van der Waals surface area contributed by atoms with E-state index in [1.807, 2.05) is 6.07 Å². The fraction of sp³-hybridized carbons (Fsp3) is 0.118. The molecule has 118 valence electrons. The summed E-state index contributed by atoms with van der Waals surface area (Å²) in [5, 5.41) is 20.4. The van der Waals surface area contributed by atoms with Gasteiger partial charge in [0.05, 0.1) is 14.5 Å². The zero-order valence-electron chi connectivity index (χ0n) is 12.0. The molecule has 0 amide bonds. The summed E-state index contributed by atoms with van der Waals surface area (Å²) in [4.78, 5) is 13.0. The minimum atomic E-state index is -0.912. The first-order valence-electron chi connectivity index (χ1n) is 6.82. The van der Waals surface area contributed by atoms with Gasteiger partial charge in [-0.1, -0.05) is 18.2 Å². The summed E-state index contributed by atoms with van der Waals surface area (Å²) in [6, 6.07) is 10.2. The number of carbonyl (C=O) groups is 1. The van der Waals surface area contributed by atoms with E-state index in [0.717, 1.165) is 0 Å². The van der Waals surface area contributed by atoms with Gasteiger partial charge in [-0.15, -0.1) is 0 Å². The lowest BCUT2D eigenvalue weighted by atomic mass is 9.98. The highest BCUT2D eigenvalue weighted by atomic mass is 79.9. The number of benzene rings is 2. The molecule has 2 aromatic carbocycles. The quantitative estimate of drug-likeness (QED) is 0.566. The Morgan fingerprint density at radius 3 is 2.39 bits per heavy atom. The second kappa shape index (κ2) is 6.11. The van der Waals surface area contributed by atoms with Crippen molar-refractivity contribution in [1.29, 1.82) is 0 Å². The number of furan rings is 1. The molecule has 0 unspecified atom stereocenters. The summed E-state index contributed by atoms with van der Waals surface area (Å²) in [5.74, 6) is -0.0295. The first-order valence-corrected chi connectivity index (χ1v) is 8.41. The lowest BCUT2D eigenvalue weighted by Gasteiger charge is -2.07. The first kappa shape index (κ1) is 16.2. The van der Waals surface area contributed by atoms with E-state index in [1.54, 1.807) is 25.1 Å². The number of rotatable bonds is 3. The number of aliphatic hydroxyl groups excluding tert-OH is 1. The summed E-state index contributed by atoms with van der Waals surface area (Å²) >= 11 is 6.44. The monoisotopic (exact) mass is 438 g/mol. The number of hydrogen-bond donors (Lipinski definition) is 2. The van der Waals surface area contributed by atoms with Gasteiger partial charge in [0, 0.05) is 10.9 Å². The molecule has 2 N–H and O–H groups in total. The maximum Gasteiger partial charge on any atom is 0.197 e. The summed E-state index contributed by atoms with van der Waals surface area (Å²) in [6.07, 6.45) is -0.912. The maximum atomic E-state index is 13.0. The van der Waals surface area contributed by atoms with Crippen LogP contribution in [0.3, 0.4) is 0 Å². The van der Waals surface area contributed by atoms with Gasteiger partial charge >= 0.3 is 0 Å². The number of fused-ring (bicyclic) bond motifs is 1. The molecule has 0 aliphatic carbocycles. The number of hydrogen-bond acceptors (Lipinski definition) is 4. The Kier molecular flexibility index (Phi) is 4.31. The van der Waals surface area contributed by atoms with Crippen LogP contribution in [0.25, 0.3) is 11.0 Å². The van der Waals surface area contributed by atoms with E-state index in [4.69, 9.17) is 4.42 Å². The molecule has 1 aromatic heterocycles. The molecular weight excluding hydrogens is 428 g/mol. The third-order valence-electron chi connectivity index (χ3n) is 3.51. The SMILES string of the molecule is C[C@@H](O)c1oc2ccccc2c1C(=O)c1cc(Br)c(O)c(Br)c1. The Morgan fingerprint density at radius 1 is 1.17 bits per heavy atom. The minimum Gasteiger partial charge on any atom is -0.506 e. The van der Waals surface area contributed by atoms with Crippen molar-refractivity contribution in [3.63, 3.8) is 0 Å². The molecule has 1 atom stereocenters. The summed E-state index contributed by atoms with van der Waals surface area (Å²) < 4.78 is 6.45. The smallest absolute Gasteiger partial charge is 0.197 e. The molecule has 0 fully saturated rings. The van der Waals surface area contributed by atoms with Crippen LogP contribution in [0.4, 0.5) is 0 Å². The highest BCUT2D eigenvalue weighted by Crippen LogP contribution is 2.36. The Bertz CT molecular complexity index is 889. The number of phenolic OH excluding ortho intramolecular Hbond substituents is 1. The van der Waals surface area contributed by atoms with Gasteiger partial charge in [0.15, 0.2) is 5.78 Å². The van der Waals surface area contributed by atoms with Crippen molar-refractivity contribution in [2.75, 3.05) is 0 Å². The van der Waals surface area contributed by atoms with Gasteiger partial charge in [-0.05, 0) is 57.0 Å². The molecule has 3 aromatic rings. The molecule has 4 nitrogen and oxygen atoms in total. The Balaban J connectivity index is 2.23. The van der Waals surface area contributed by atoms with Crippen LogP contribution in [-0.2, 0) is 0 Å². The zero-order chi connectivity index (χ0) is 16.7. The van der Waals surface area contributed by atoms with E-state index in [2.05, 4.69) is 31.9 Å². The van der Waals surface area contributed by atoms with E-state index >= 15 is 0 Å². The van der Waals surface area contributed by atoms with E-state index in [0.29, 0.717) is 31.0 Å². The van der Waals surface area contributed by atoms with Gasteiger partial charge in [-0.2, -0.15) is 0 Å². The number of aliphatic hydroxyl groups is 1. The molecule has 0 aliphatic rings. The molecule has 0 spiro atoms. The lowest BCUT2D eigenvalue weighted by Crippen LogP contribution is -2.06. The van der Waals surface area contributed by atoms with Crippen molar-refractivity contribution in [1.82, 2.24) is 0 Å². The first-order chi connectivity index (χ1) is 10.9. The molecule has 0 bridgehead atoms. The average Bonchev–Trinajstić information content (AvgIpc) is 2.91. The molecule has 6 heteroatoms. The summed E-state index contributed by atoms with van der Waals surface area (Å²) in [6.45, 7) is 1.55. The molecule has 0 aliphatic heterocycles. The van der Waals surface area contributed by atoms with Gasteiger partial charge in [0.25, 0.3) is 0 Å². The molecule has 0 saturated heterocycles. The number of phenols is 1. The number of aromatic hydroxyl groups is 1. The van der Waals surface area contributed by atoms with Gasteiger partial charge in [0.1, 0.15) is 23.2 Å². The number of halogens is 2. The van der Waals surface area contributed by atoms with Crippen molar-refractivity contribution in [3.05, 3.63) is 62.2 Å². The Labute approximate surface area is 149 Å². The number of carbonyl (C=O) groups excluding carboxylic acids is 1. The topological polar surface area (TPSA) is 70.7 Å². The third kappa shape index (κ3) is 2.82. The number of para-hydroxylation sites is 1. The van der Waals surface area contributed by atoms with Crippen LogP contribution in [0.15, 0.2) is 49.8 Å². The molecule has 23 heavy (non-hydrogen) atoms. The Morgan fingerprint density at radius 2 is 1.78 bits per heavy atom. The fourth-order valence-electron chi connectivity index (χ4n) is 2.43. The van der Waals surface area contributed by atoms with Crippen LogP contribution in [0.5, 0.6) is 5.75 Å². The number of ketones is 1. The molecule has 3 rings (SSSR count). The predicted molar refractivity (Wildman–Crippen MR) is 93.8 cm³/mol. The lowest BCUT2D eigenvalue weighted by molar-refractivity contribution is 0.102. The van der Waals surface area contributed by atoms with Crippen molar-refractivity contribution in [3.8, 4) is 5.75 Å². The standard InChI is InChI=1S/C17H12Br2O4/c1-8(20)17-14(10-4-2-3-5-13(10)23-17)15(21)9-6-11(18)16(22)12(19)7-9/h2-8,20,22H,1H3/t8-/m1/s1. The third-order valence-corrected chi connectivity index (χ3v) is 4.72. The van der Waals surface area contributed by atoms with Gasteiger partial charge < -0.3 is 14.6 Å². The normalized spacial score (nSPS) is 12.5. The Hall–Kier alpha value is -1.63. The van der Waals surface area contributed by atoms with Crippen molar-refractivity contribution >= 4 is 48.6 Å². The molecular formula is C17H12Br2O4. The molecule has 1 heterocycles. The van der Waals surface area contributed by atoms with Crippen LogP contribution in [-0.4, -0.2) is 16.0 Å². The highest BCUT2D eigenvalue weighted by Gasteiger charge is 2.25. The van der Waals surface area contributed by atoms with Crippen molar-refractivity contribution in [2.24, 2.45) is 0 Å². The van der Waals surface area contributed by atoms with Gasteiger partial charge in [-0.3, -0.25) is 4.79 Å². The van der Waals surface area contributed by atoms with Crippen LogP contribution >= 0.6 is 31.9 Å². The van der Waals surface area contributed by atoms with E-state index in [1.165, 1.54) is 12.1 Å². The van der Waals surface area contributed by atoms with Crippen molar-refractivity contribution in [2.45, 2.75) is 13.0 Å². The van der Waals surface area contributed by atoms with Gasteiger partial charge in [0.2, 0.25) is 0 Å². The predicted octanol–water partition coefficient (Wildman–Crippen LogP) is 4.95. The van der Waals surface area contributed by atoms with Crippen LogP contribution in [0, 0.1) is 0 Å². The van der Waals surface area contributed by atoms with Crippen molar-refractivity contribution < 1.29 is 19.4 Å². The molecule has 0 radical (unpaired) electrons. The van der Waals surface area contributed by atoms with Crippen LogP contribution < -0.4 is 0 Å². The molecule has 0 saturated carbocycles. The van der Waals surface area contributed by atoms with E-state index in [-0.39, 0.29) is 17.3 Å². The van der Waals surface area contributed by atoms with E-state index in [9.17, 15) is 15.0 Å². The largest absolute Gasteiger partial charge is 0.506 e. The second-order valence-corrected chi connectivity index (χ2v) is 6.84. The van der Waals surface area contributed by atoms with E-state index < -0.39 is 6.10 Å². The summed E-state index contributed by atoms with van der Waals surface area (Å²) in [7, 11) is 0. The summed E-state index contributed by atoms with van der Waals surface area (Å²) in [5.41, 5.74) is 1.25. The highest BCUT2D eigenvalue weighted by molar-refractivity contribution is 9.11. The minimum absolute atomic E-state index is 0.0225. The van der Waals surface area contributed by atoms with Gasteiger partial charge in [-0.25, -0.2) is 0 Å². The zero-order valence-corrected chi connectivity index (χ0v) is 15.2. The fourth-order valence-corrected chi connectivity index (χ4v) is 3.62. The van der Waals surface area contributed by atoms with Crippen LogP contribution in [0.2, 0.25) is 0 Å².